The molecular weight excluding hydrogens is 190 g/mol. The maximum atomic E-state index is 10.4. The fourth-order valence-electron chi connectivity index (χ4n) is 0.697. The van der Waals surface area contributed by atoms with Crippen molar-refractivity contribution < 1.29 is 19.1 Å². The van der Waals surface area contributed by atoms with E-state index < -0.39 is 12.0 Å². The first-order valence-electron chi connectivity index (χ1n) is 3.51. The number of carboxylic acid groups (broad SMARTS) is 1. The quantitative estimate of drug-likeness (QED) is 0.466. The molecule has 0 unspecified atom stereocenters. The lowest BCUT2D eigenvalue weighted by molar-refractivity contribution is 0.0662. The van der Waals surface area contributed by atoms with Crippen molar-refractivity contribution in [1.82, 2.24) is 5.43 Å². The maximum Gasteiger partial charge on any atom is 0.371 e. The average molecular weight is 197 g/mol. The van der Waals surface area contributed by atoms with E-state index >= 15 is 0 Å². The molecule has 7 heteroatoms. The van der Waals surface area contributed by atoms with E-state index in [1.165, 1.54) is 12.1 Å². The molecule has 7 nitrogen and oxygen atoms in total. The van der Waals surface area contributed by atoms with Crippen LogP contribution < -0.4 is 11.2 Å². The predicted octanol–water partition coefficient (Wildman–Crippen LogP) is -0.0200. The van der Waals surface area contributed by atoms with Crippen LogP contribution in [0.5, 0.6) is 0 Å². The monoisotopic (exact) mass is 197 g/mol. The molecule has 74 valence electrons. The smallest absolute Gasteiger partial charge is 0.371 e. The van der Waals surface area contributed by atoms with Crippen molar-refractivity contribution in [3.05, 3.63) is 23.7 Å². The zero-order valence-corrected chi connectivity index (χ0v) is 6.93. The van der Waals surface area contributed by atoms with Crippen molar-refractivity contribution in [1.29, 1.82) is 0 Å². The summed E-state index contributed by atoms with van der Waals surface area (Å²) < 4.78 is 4.79. The number of hydrogen-bond donors (Lipinski definition) is 3. The van der Waals surface area contributed by atoms with Crippen LogP contribution in [0.25, 0.3) is 0 Å². The summed E-state index contributed by atoms with van der Waals surface area (Å²) in [6.45, 7) is 0. The molecule has 1 heterocycles. The van der Waals surface area contributed by atoms with E-state index in [0.717, 1.165) is 6.21 Å². The first-order chi connectivity index (χ1) is 6.59. The Morgan fingerprint density at radius 2 is 2.29 bits per heavy atom. The lowest BCUT2D eigenvalue weighted by Crippen LogP contribution is -2.24. The average Bonchev–Trinajstić information content (AvgIpc) is 2.52. The molecule has 1 aromatic rings. The summed E-state index contributed by atoms with van der Waals surface area (Å²) in [6, 6.07) is 1.86. The van der Waals surface area contributed by atoms with Crippen LogP contribution in [0, 0.1) is 0 Å². The molecular formula is C7H7N3O4. The fourth-order valence-corrected chi connectivity index (χ4v) is 0.697. The highest BCUT2D eigenvalue weighted by atomic mass is 16.4. The largest absolute Gasteiger partial charge is 0.475 e. The van der Waals surface area contributed by atoms with Crippen LogP contribution in [0.1, 0.15) is 16.3 Å². The van der Waals surface area contributed by atoms with E-state index in [1.54, 1.807) is 0 Å². The number of carbonyl (C=O) groups is 2. The van der Waals surface area contributed by atoms with Gasteiger partial charge in [0, 0.05) is 0 Å². The van der Waals surface area contributed by atoms with Crippen LogP contribution in [0.4, 0.5) is 4.79 Å². The van der Waals surface area contributed by atoms with Crippen molar-refractivity contribution in [3.8, 4) is 0 Å². The molecule has 0 aliphatic carbocycles. The van der Waals surface area contributed by atoms with Gasteiger partial charge in [-0.25, -0.2) is 15.0 Å². The highest BCUT2D eigenvalue weighted by Crippen LogP contribution is 2.04. The Morgan fingerprint density at radius 1 is 1.57 bits per heavy atom. The maximum absolute atomic E-state index is 10.4. The first kappa shape index (κ1) is 9.78. The number of furan rings is 1. The van der Waals surface area contributed by atoms with Gasteiger partial charge in [0.1, 0.15) is 5.76 Å². The van der Waals surface area contributed by atoms with Crippen LogP contribution in [0.3, 0.4) is 0 Å². The minimum atomic E-state index is -1.17. The number of rotatable bonds is 3. The van der Waals surface area contributed by atoms with Crippen LogP contribution >= 0.6 is 0 Å². The molecule has 14 heavy (non-hydrogen) atoms. The summed E-state index contributed by atoms with van der Waals surface area (Å²) in [5.74, 6) is -1.17. The van der Waals surface area contributed by atoms with E-state index in [2.05, 4.69) is 5.10 Å². The van der Waals surface area contributed by atoms with Gasteiger partial charge in [0.15, 0.2) is 0 Å². The second-order valence-electron chi connectivity index (χ2n) is 2.24. The van der Waals surface area contributed by atoms with Crippen LogP contribution in [-0.2, 0) is 0 Å². The van der Waals surface area contributed by atoms with Gasteiger partial charge in [-0.1, -0.05) is 0 Å². The zero-order chi connectivity index (χ0) is 10.6. The Balaban J connectivity index is 2.64. The number of hydrazone groups is 1. The van der Waals surface area contributed by atoms with Crippen LogP contribution in [0.15, 0.2) is 21.7 Å². The molecule has 1 aromatic heterocycles. The summed E-state index contributed by atoms with van der Waals surface area (Å²) in [4.78, 5) is 20.5. The van der Waals surface area contributed by atoms with Crippen LogP contribution in [0.2, 0.25) is 0 Å². The third-order valence-electron chi connectivity index (χ3n) is 1.20. The number of carboxylic acids is 1. The number of carbonyl (C=O) groups excluding carboxylic acids is 1. The molecule has 0 bridgehead atoms. The molecule has 1 rings (SSSR count). The van der Waals surface area contributed by atoms with Gasteiger partial charge < -0.3 is 15.3 Å². The van der Waals surface area contributed by atoms with E-state index in [0.29, 0.717) is 0 Å². The Morgan fingerprint density at radius 3 is 2.79 bits per heavy atom. The highest BCUT2D eigenvalue weighted by Gasteiger charge is 2.06. The van der Waals surface area contributed by atoms with E-state index in [-0.39, 0.29) is 11.5 Å². The fraction of sp³-hybridized carbons (Fsp3) is 0. The minimum absolute atomic E-state index is 0.203. The number of primary amides is 1. The lowest BCUT2D eigenvalue weighted by Gasteiger charge is -1.88. The summed E-state index contributed by atoms with van der Waals surface area (Å²) in [5.41, 5.74) is 6.65. The van der Waals surface area contributed by atoms with Gasteiger partial charge in [-0.15, -0.1) is 0 Å². The van der Waals surface area contributed by atoms with Crippen LogP contribution in [-0.4, -0.2) is 23.3 Å². The van der Waals surface area contributed by atoms with Gasteiger partial charge in [0.2, 0.25) is 5.76 Å². The van der Waals surface area contributed by atoms with Gasteiger partial charge in [0.05, 0.1) is 6.21 Å². The predicted molar refractivity (Wildman–Crippen MR) is 46.0 cm³/mol. The minimum Gasteiger partial charge on any atom is -0.475 e. The normalized spacial score (nSPS) is 10.3. The molecule has 0 spiro atoms. The van der Waals surface area contributed by atoms with E-state index in [9.17, 15) is 9.59 Å². The first-order valence-corrected chi connectivity index (χ1v) is 3.51. The van der Waals surface area contributed by atoms with Crippen molar-refractivity contribution in [2.75, 3.05) is 0 Å². The van der Waals surface area contributed by atoms with Crippen molar-refractivity contribution in [2.24, 2.45) is 10.8 Å². The van der Waals surface area contributed by atoms with Gasteiger partial charge in [-0.3, -0.25) is 0 Å². The molecule has 0 saturated heterocycles. The van der Waals surface area contributed by atoms with Crippen molar-refractivity contribution in [3.63, 3.8) is 0 Å². The standard InChI is InChI=1S/C7H7N3O4/c8-7(13)10-9-3-4-1-2-5(14-4)6(11)12/h1-3H,(H,11,12)(H3,8,10,13)/b9-3+. The van der Waals surface area contributed by atoms with Gasteiger partial charge >= 0.3 is 12.0 Å². The molecule has 0 aliphatic rings. The number of nitrogens with zero attached hydrogens (tertiary/aromatic N) is 1. The number of urea groups is 1. The highest BCUT2D eigenvalue weighted by molar-refractivity contribution is 5.86. The molecule has 4 N–H and O–H groups in total. The molecule has 0 aliphatic heterocycles. The number of amides is 2. The Bertz CT molecular complexity index is 382. The third kappa shape index (κ3) is 2.63. The lowest BCUT2D eigenvalue weighted by atomic mass is 10.4. The molecule has 2 amide bonds. The second kappa shape index (κ2) is 4.08. The topological polar surface area (TPSA) is 118 Å². The summed E-state index contributed by atoms with van der Waals surface area (Å²) in [6.07, 6.45) is 1.14. The summed E-state index contributed by atoms with van der Waals surface area (Å²) in [5, 5.41) is 11.9. The SMILES string of the molecule is NC(=O)N/N=C/c1ccc(C(=O)O)o1. The summed E-state index contributed by atoms with van der Waals surface area (Å²) >= 11 is 0. The summed E-state index contributed by atoms with van der Waals surface area (Å²) in [7, 11) is 0. The molecule has 0 aromatic carbocycles. The number of nitrogens with two attached hydrogens (primary N) is 1. The number of hydrogen-bond acceptors (Lipinski definition) is 4. The zero-order valence-electron chi connectivity index (χ0n) is 6.93. The molecule has 0 saturated carbocycles. The number of nitrogens with one attached hydrogen (secondary N) is 1. The van der Waals surface area contributed by atoms with E-state index in [4.69, 9.17) is 15.3 Å². The van der Waals surface area contributed by atoms with Gasteiger partial charge in [-0.05, 0) is 12.1 Å². The number of aromatic carboxylic acids is 1. The Hall–Kier alpha value is -2.31. The Labute approximate surface area is 78.2 Å². The van der Waals surface area contributed by atoms with Gasteiger partial charge in [-0.2, -0.15) is 5.10 Å². The van der Waals surface area contributed by atoms with E-state index in [1.807, 2.05) is 5.43 Å². The molecule has 0 atom stereocenters. The van der Waals surface area contributed by atoms with Gasteiger partial charge in [0.25, 0.3) is 0 Å². The van der Waals surface area contributed by atoms with Crippen molar-refractivity contribution in [2.45, 2.75) is 0 Å². The second-order valence-corrected chi connectivity index (χ2v) is 2.24. The molecule has 0 radical (unpaired) electrons. The third-order valence-corrected chi connectivity index (χ3v) is 1.20. The van der Waals surface area contributed by atoms with Crippen molar-refractivity contribution >= 4 is 18.2 Å². The molecule has 0 fully saturated rings. The Kier molecular flexibility index (Phi) is 2.85.